The SMILES string of the molecule is Cc1cccc(N(C)CC(C)(C)C(C)O)c1. The summed E-state index contributed by atoms with van der Waals surface area (Å²) in [4.78, 5) is 2.19. The topological polar surface area (TPSA) is 23.5 Å². The Hall–Kier alpha value is -1.02. The van der Waals surface area contributed by atoms with E-state index in [9.17, 15) is 5.11 Å². The van der Waals surface area contributed by atoms with Gasteiger partial charge in [-0.3, -0.25) is 0 Å². The minimum atomic E-state index is -0.306. The third-order valence-corrected chi connectivity index (χ3v) is 3.22. The fraction of sp³-hybridized carbons (Fsp3) is 0.571. The molecular weight excluding hydrogens is 198 g/mol. The number of nitrogens with zero attached hydrogens (tertiary/aromatic N) is 1. The second-order valence-corrected chi connectivity index (χ2v) is 5.36. The molecule has 0 heterocycles. The lowest BCUT2D eigenvalue weighted by Gasteiger charge is -2.34. The first kappa shape index (κ1) is 13.0. The van der Waals surface area contributed by atoms with E-state index in [4.69, 9.17) is 0 Å². The van der Waals surface area contributed by atoms with Gasteiger partial charge in [-0.25, -0.2) is 0 Å². The number of hydrogen-bond donors (Lipinski definition) is 1. The van der Waals surface area contributed by atoms with Gasteiger partial charge in [-0.2, -0.15) is 0 Å². The molecule has 0 amide bonds. The molecule has 0 aliphatic rings. The van der Waals surface area contributed by atoms with Gasteiger partial charge in [0.15, 0.2) is 0 Å². The van der Waals surface area contributed by atoms with Crippen molar-refractivity contribution in [1.82, 2.24) is 0 Å². The van der Waals surface area contributed by atoms with Crippen molar-refractivity contribution in [2.24, 2.45) is 5.41 Å². The molecule has 1 atom stereocenters. The largest absolute Gasteiger partial charge is 0.393 e. The van der Waals surface area contributed by atoms with E-state index < -0.39 is 0 Å². The molecule has 0 aliphatic heterocycles. The van der Waals surface area contributed by atoms with E-state index in [-0.39, 0.29) is 11.5 Å². The maximum absolute atomic E-state index is 9.70. The van der Waals surface area contributed by atoms with Gasteiger partial charge >= 0.3 is 0 Å². The zero-order valence-corrected chi connectivity index (χ0v) is 11.0. The summed E-state index contributed by atoms with van der Waals surface area (Å²) in [5, 5.41) is 9.70. The third-order valence-electron chi connectivity index (χ3n) is 3.22. The highest BCUT2D eigenvalue weighted by molar-refractivity contribution is 5.47. The summed E-state index contributed by atoms with van der Waals surface area (Å²) in [5.41, 5.74) is 2.37. The zero-order chi connectivity index (χ0) is 12.3. The van der Waals surface area contributed by atoms with Gasteiger partial charge < -0.3 is 10.0 Å². The first-order chi connectivity index (χ1) is 7.33. The number of hydrogen-bond acceptors (Lipinski definition) is 2. The van der Waals surface area contributed by atoms with E-state index in [1.165, 1.54) is 11.3 Å². The molecule has 1 rings (SSSR count). The average Bonchev–Trinajstić information content (AvgIpc) is 2.16. The van der Waals surface area contributed by atoms with Crippen LogP contribution in [0.15, 0.2) is 24.3 Å². The van der Waals surface area contributed by atoms with Crippen molar-refractivity contribution < 1.29 is 5.11 Å². The van der Waals surface area contributed by atoms with Crippen LogP contribution in [-0.2, 0) is 0 Å². The summed E-state index contributed by atoms with van der Waals surface area (Å²) in [6.07, 6.45) is -0.306. The van der Waals surface area contributed by atoms with Gasteiger partial charge in [0.2, 0.25) is 0 Å². The van der Waals surface area contributed by atoms with Crippen LogP contribution in [0.1, 0.15) is 26.3 Å². The fourth-order valence-corrected chi connectivity index (χ4v) is 1.70. The van der Waals surface area contributed by atoms with Crippen LogP contribution in [0.4, 0.5) is 5.69 Å². The molecule has 1 aromatic carbocycles. The Balaban J connectivity index is 2.76. The number of rotatable bonds is 4. The monoisotopic (exact) mass is 221 g/mol. The minimum Gasteiger partial charge on any atom is -0.393 e. The summed E-state index contributed by atoms with van der Waals surface area (Å²) in [5.74, 6) is 0. The van der Waals surface area contributed by atoms with Crippen molar-refractivity contribution in [1.29, 1.82) is 0 Å². The highest BCUT2D eigenvalue weighted by atomic mass is 16.3. The Bertz CT molecular complexity index is 344. The molecule has 0 bridgehead atoms. The molecular formula is C14H23NO. The van der Waals surface area contributed by atoms with E-state index in [1.54, 1.807) is 0 Å². The van der Waals surface area contributed by atoms with Gasteiger partial charge in [0.25, 0.3) is 0 Å². The first-order valence-electron chi connectivity index (χ1n) is 5.79. The Morgan fingerprint density at radius 1 is 1.38 bits per heavy atom. The molecule has 2 heteroatoms. The maximum atomic E-state index is 9.70. The first-order valence-corrected chi connectivity index (χ1v) is 5.79. The van der Waals surface area contributed by atoms with Crippen LogP contribution < -0.4 is 4.90 Å². The van der Waals surface area contributed by atoms with Crippen LogP contribution in [0.2, 0.25) is 0 Å². The molecule has 0 fully saturated rings. The predicted molar refractivity (Wildman–Crippen MR) is 69.9 cm³/mol. The van der Waals surface area contributed by atoms with E-state index in [0.717, 1.165) is 6.54 Å². The number of anilines is 1. The highest BCUT2D eigenvalue weighted by Crippen LogP contribution is 2.24. The van der Waals surface area contributed by atoms with Gasteiger partial charge in [-0.15, -0.1) is 0 Å². The summed E-state index contributed by atoms with van der Waals surface area (Å²) in [6, 6.07) is 8.43. The molecule has 0 radical (unpaired) electrons. The number of aryl methyl sites for hydroxylation is 1. The summed E-state index contributed by atoms with van der Waals surface area (Å²) in [7, 11) is 2.07. The molecule has 0 saturated heterocycles. The molecule has 2 nitrogen and oxygen atoms in total. The smallest absolute Gasteiger partial charge is 0.0579 e. The van der Waals surface area contributed by atoms with Crippen LogP contribution in [-0.4, -0.2) is 24.8 Å². The molecule has 0 saturated carbocycles. The lowest BCUT2D eigenvalue weighted by atomic mass is 9.87. The molecule has 1 aromatic rings. The van der Waals surface area contributed by atoms with Crippen molar-refractivity contribution in [2.75, 3.05) is 18.5 Å². The van der Waals surface area contributed by atoms with Crippen molar-refractivity contribution in [3.63, 3.8) is 0 Å². The second kappa shape index (κ2) is 4.88. The standard InChI is InChI=1S/C14H23NO/c1-11-7-6-8-13(9-11)15(5)10-14(3,4)12(2)16/h6-9,12,16H,10H2,1-5H3. The average molecular weight is 221 g/mol. The summed E-state index contributed by atoms with van der Waals surface area (Å²) < 4.78 is 0. The van der Waals surface area contributed by atoms with Crippen molar-refractivity contribution >= 4 is 5.69 Å². The Morgan fingerprint density at radius 2 is 2.00 bits per heavy atom. The molecule has 1 N–H and O–H groups in total. The molecule has 90 valence electrons. The predicted octanol–water partition coefficient (Wildman–Crippen LogP) is 2.84. The van der Waals surface area contributed by atoms with E-state index >= 15 is 0 Å². The van der Waals surface area contributed by atoms with Gasteiger partial charge in [0.05, 0.1) is 6.10 Å². The summed E-state index contributed by atoms with van der Waals surface area (Å²) in [6.45, 7) is 8.96. The number of aliphatic hydroxyl groups excluding tert-OH is 1. The lowest BCUT2D eigenvalue weighted by Crippen LogP contribution is -2.38. The van der Waals surface area contributed by atoms with E-state index in [0.29, 0.717) is 0 Å². The lowest BCUT2D eigenvalue weighted by molar-refractivity contribution is 0.0718. The Labute approximate surface area is 98.9 Å². The van der Waals surface area contributed by atoms with Gasteiger partial charge in [0.1, 0.15) is 0 Å². The van der Waals surface area contributed by atoms with Crippen LogP contribution in [0.5, 0.6) is 0 Å². The number of aliphatic hydroxyl groups is 1. The van der Waals surface area contributed by atoms with Gasteiger partial charge in [-0.1, -0.05) is 26.0 Å². The third kappa shape index (κ3) is 3.24. The zero-order valence-electron chi connectivity index (χ0n) is 11.0. The van der Waals surface area contributed by atoms with Crippen LogP contribution >= 0.6 is 0 Å². The Kier molecular flexibility index (Phi) is 3.98. The molecule has 0 spiro atoms. The second-order valence-electron chi connectivity index (χ2n) is 5.36. The maximum Gasteiger partial charge on any atom is 0.0579 e. The van der Waals surface area contributed by atoms with Gasteiger partial charge in [-0.05, 0) is 31.5 Å². The van der Waals surface area contributed by atoms with Crippen LogP contribution in [0.3, 0.4) is 0 Å². The van der Waals surface area contributed by atoms with Crippen molar-refractivity contribution in [3.8, 4) is 0 Å². The minimum absolute atomic E-state index is 0.0987. The normalized spacial score (nSPS) is 13.6. The fourth-order valence-electron chi connectivity index (χ4n) is 1.70. The van der Waals surface area contributed by atoms with Crippen LogP contribution in [0, 0.1) is 12.3 Å². The van der Waals surface area contributed by atoms with E-state index in [2.05, 4.69) is 57.0 Å². The van der Waals surface area contributed by atoms with E-state index in [1.807, 2.05) is 6.92 Å². The quantitative estimate of drug-likeness (QED) is 0.845. The van der Waals surface area contributed by atoms with Crippen molar-refractivity contribution in [2.45, 2.75) is 33.8 Å². The number of benzene rings is 1. The molecule has 16 heavy (non-hydrogen) atoms. The summed E-state index contributed by atoms with van der Waals surface area (Å²) >= 11 is 0. The van der Waals surface area contributed by atoms with Gasteiger partial charge in [0, 0.05) is 24.7 Å². The molecule has 1 unspecified atom stereocenters. The molecule has 0 aromatic heterocycles. The van der Waals surface area contributed by atoms with Crippen LogP contribution in [0.25, 0.3) is 0 Å². The Morgan fingerprint density at radius 3 is 2.50 bits per heavy atom. The van der Waals surface area contributed by atoms with Crippen molar-refractivity contribution in [3.05, 3.63) is 29.8 Å². The molecule has 0 aliphatic carbocycles. The highest BCUT2D eigenvalue weighted by Gasteiger charge is 2.25.